The van der Waals surface area contributed by atoms with Crippen molar-refractivity contribution < 1.29 is 18.3 Å². The molecule has 0 bridgehead atoms. The minimum absolute atomic E-state index is 0. The molecule has 1 N–H and O–H groups in total. The Morgan fingerprint density at radius 1 is 1.23 bits per heavy atom. The Kier molecular flexibility index (Phi) is 6.94. The molecule has 0 spiro atoms. The molecule has 1 fully saturated rings. The highest BCUT2D eigenvalue weighted by molar-refractivity contribution is 5.85. The summed E-state index contributed by atoms with van der Waals surface area (Å²) < 4.78 is 31.9. The average Bonchev–Trinajstić information content (AvgIpc) is 2.64. The van der Waals surface area contributed by atoms with Crippen molar-refractivity contribution in [3.05, 3.63) is 65.2 Å². The van der Waals surface area contributed by atoms with E-state index < -0.39 is 11.6 Å². The van der Waals surface area contributed by atoms with Crippen LogP contribution in [0.15, 0.2) is 42.5 Å². The molecule has 1 unspecified atom stereocenters. The van der Waals surface area contributed by atoms with Crippen molar-refractivity contribution in [1.29, 1.82) is 0 Å². The summed E-state index contributed by atoms with van der Waals surface area (Å²) in [5, 5.41) is 3.29. The van der Waals surface area contributed by atoms with Crippen molar-refractivity contribution in [3.8, 4) is 5.75 Å². The Balaban J connectivity index is 0.00000243. The summed E-state index contributed by atoms with van der Waals surface area (Å²) in [5.74, 6) is -1.25. The fourth-order valence-electron chi connectivity index (χ4n) is 3.15. The maximum atomic E-state index is 13.4. The molecule has 1 aliphatic heterocycles. The van der Waals surface area contributed by atoms with Crippen molar-refractivity contribution in [2.24, 2.45) is 0 Å². The lowest BCUT2D eigenvalue weighted by Crippen LogP contribution is -2.49. The molecule has 1 saturated heterocycles. The van der Waals surface area contributed by atoms with Gasteiger partial charge in [0.05, 0.1) is 19.6 Å². The van der Waals surface area contributed by atoms with E-state index in [-0.39, 0.29) is 30.8 Å². The smallest absolute Gasteiger partial charge is 0.227 e. The van der Waals surface area contributed by atoms with E-state index in [1.165, 1.54) is 6.07 Å². The summed E-state index contributed by atoms with van der Waals surface area (Å²) in [5.41, 5.74) is 1.39. The summed E-state index contributed by atoms with van der Waals surface area (Å²) in [4.78, 5) is 14.6. The molecule has 2 aromatic carbocycles. The van der Waals surface area contributed by atoms with Gasteiger partial charge in [-0.3, -0.25) is 4.79 Å². The van der Waals surface area contributed by atoms with Crippen molar-refractivity contribution in [2.45, 2.75) is 12.5 Å². The molecule has 140 valence electrons. The number of carbonyl (C=O) groups excluding carboxylic acids is 1. The Labute approximate surface area is 157 Å². The van der Waals surface area contributed by atoms with E-state index >= 15 is 0 Å². The van der Waals surface area contributed by atoms with Gasteiger partial charge in [-0.05, 0) is 23.8 Å². The number of nitrogens with zero attached hydrogens (tertiary/aromatic N) is 1. The molecule has 1 heterocycles. The lowest BCUT2D eigenvalue weighted by molar-refractivity contribution is -0.133. The highest BCUT2D eigenvalue weighted by atomic mass is 35.5. The Bertz CT molecular complexity index is 773. The molecule has 1 amide bonds. The number of nitrogens with one attached hydrogen (secondary N) is 1. The molecule has 0 radical (unpaired) electrons. The molecule has 3 rings (SSSR count). The van der Waals surface area contributed by atoms with Crippen LogP contribution in [0.3, 0.4) is 0 Å². The highest BCUT2D eigenvalue weighted by Crippen LogP contribution is 2.30. The Morgan fingerprint density at radius 3 is 2.73 bits per heavy atom. The first-order valence-electron chi connectivity index (χ1n) is 8.17. The summed E-state index contributed by atoms with van der Waals surface area (Å²) in [6.45, 7) is 1.85. The number of ether oxygens (including phenoxy) is 1. The highest BCUT2D eigenvalue weighted by Gasteiger charge is 2.29. The first-order valence-corrected chi connectivity index (χ1v) is 8.17. The Hall–Kier alpha value is -2.18. The van der Waals surface area contributed by atoms with Crippen molar-refractivity contribution in [3.63, 3.8) is 0 Å². The number of rotatable bonds is 4. The van der Waals surface area contributed by atoms with Crippen molar-refractivity contribution in [1.82, 2.24) is 10.2 Å². The van der Waals surface area contributed by atoms with Gasteiger partial charge in [0, 0.05) is 25.2 Å². The summed E-state index contributed by atoms with van der Waals surface area (Å²) in [7, 11) is 1.60. The topological polar surface area (TPSA) is 41.6 Å². The summed E-state index contributed by atoms with van der Waals surface area (Å²) in [6, 6.07) is 11.0. The number of hydrogen-bond donors (Lipinski definition) is 1. The van der Waals surface area contributed by atoms with Crippen LogP contribution in [-0.4, -0.2) is 37.6 Å². The van der Waals surface area contributed by atoms with Gasteiger partial charge in [-0.1, -0.05) is 24.3 Å². The first kappa shape index (κ1) is 20.1. The van der Waals surface area contributed by atoms with Crippen molar-refractivity contribution >= 4 is 18.3 Å². The van der Waals surface area contributed by atoms with E-state index in [1.54, 1.807) is 12.0 Å². The molecule has 1 atom stereocenters. The van der Waals surface area contributed by atoms with Crippen LogP contribution < -0.4 is 10.1 Å². The average molecular weight is 383 g/mol. The van der Waals surface area contributed by atoms with Gasteiger partial charge in [0.1, 0.15) is 5.75 Å². The SMILES string of the molecule is COc1ccccc1C1CNCCN1C(=O)Cc1ccc(F)c(F)c1.Cl. The molecule has 7 heteroatoms. The van der Waals surface area contributed by atoms with Gasteiger partial charge >= 0.3 is 0 Å². The summed E-state index contributed by atoms with van der Waals surface area (Å²) >= 11 is 0. The summed E-state index contributed by atoms with van der Waals surface area (Å²) in [6.07, 6.45) is 0.0306. The number of hydrogen-bond acceptors (Lipinski definition) is 3. The Morgan fingerprint density at radius 2 is 2.00 bits per heavy atom. The monoisotopic (exact) mass is 382 g/mol. The fraction of sp³-hybridized carbons (Fsp3) is 0.316. The molecular weight excluding hydrogens is 362 g/mol. The predicted molar refractivity (Wildman–Crippen MR) is 97.6 cm³/mol. The van der Waals surface area contributed by atoms with E-state index in [0.717, 1.165) is 23.4 Å². The van der Waals surface area contributed by atoms with Crippen LogP contribution in [0.2, 0.25) is 0 Å². The number of piperazine rings is 1. The van der Waals surface area contributed by atoms with Crippen LogP contribution in [0.5, 0.6) is 5.75 Å². The number of para-hydroxylation sites is 1. The number of methoxy groups -OCH3 is 1. The largest absolute Gasteiger partial charge is 0.496 e. The molecule has 1 aliphatic rings. The standard InChI is InChI=1S/C19H20F2N2O2.ClH/c1-25-18-5-3-2-4-14(18)17-12-22-8-9-23(17)19(24)11-13-6-7-15(20)16(21)10-13;/h2-7,10,17,22H,8-9,11-12H2,1H3;1H. The van der Waals surface area contributed by atoms with Crippen LogP contribution in [0.1, 0.15) is 17.2 Å². The fourth-order valence-corrected chi connectivity index (χ4v) is 3.15. The van der Waals surface area contributed by atoms with Gasteiger partial charge in [-0.15, -0.1) is 12.4 Å². The third-order valence-electron chi connectivity index (χ3n) is 4.40. The van der Waals surface area contributed by atoms with E-state index in [9.17, 15) is 13.6 Å². The second-order valence-electron chi connectivity index (χ2n) is 5.97. The van der Waals surface area contributed by atoms with Gasteiger partial charge in [-0.25, -0.2) is 8.78 Å². The molecule has 2 aromatic rings. The number of carbonyl (C=O) groups is 1. The quantitative estimate of drug-likeness (QED) is 0.883. The van der Waals surface area contributed by atoms with E-state index in [4.69, 9.17) is 4.74 Å². The zero-order valence-corrected chi connectivity index (χ0v) is 15.2. The number of halogens is 3. The molecular formula is C19H21ClF2N2O2. The van der Waals surface area contributed by atoms with Gasteiger partial charge in [0.15, 0.2) is 11.6 Å². The van der Waals surface area contributed by atoms with Gasteiger partial charge in [-0.2, -0.15) is 0 Å². The van der Waals surface area contributed by atoms with E-state index in [1.807, 2.05) is 24.3 Å². The molecule has 0 aromatic heterocycles. The van der Waals surface area contributed by atoms with Crippen LogP contribution in [0.25, 0.3) is 0 Å². The third kappa shape index (κ3) is 4.31. The molecule has 0 aliphatic carbocycles. The second-order valence-corrected chi connectivity index (χ2v) is 5.97. The predicted octanol–water partition coefficient (Wildman–Crippen LogP) is 3.11. The van der Waals surface area contributed by atoms with Crippen LogP contribution in [0, 0.1) is 11.6 Å². The third-order valence-corrected chi connectivity index (χ3v) is 4.40. The molecule has 4 nitrogen and oxygen atoms in total. The zero-order chi connectivity index (χ0) is 17.8. The van der Waals surface area contributed by atoms with Crippen molar-refractivity contribution in [2.75, 3.05) is 26.7 Å². The minimum atomic E-state index is -0.938. The van der Waals surface area contributed by atoms with Gasteiger partial charge in [0.2, 0.25) is 5.91 Å². The lowest BCUT2D eigenvalue weighted by atomic mass is 10.0. The molecule has 26 heavy (non-hydrogen) atoms. The van der Waals surface area contributed by atoms with E-state index in [2.05, 4.69) is 5.32 Å². The van der Waals surface area contributed by atoms with Crippen LogP contribution in [-0.2, 0) is 11.2 Å². The normalized spacial score (nSPS) is 16.7. The molecule has 0 saturated carbocycles. The lowest BCUT2D eigenvalue weighted by Gasteiger charge is -2.37. The minimum Gasteiger partial charge on any atom is -0.496 e. The van der Waals surface area contributed by atoms with Gasteiger partial charge < -0.3 is 15.0 Å². The van der Waals surface area contributed by atoms with Crippen LogP contribution in [0.4, 0.5) is 8.78 Å². The van der Waals surface area contributed by atoms with Gasteiger partial charge in [0.25, 0.3) is 0 Å². The number of benzene rings is 2. The van der Waals surface area contributed by atoms with E-state index in [0.29, 0.717) is 25.2 Å². The maximum Gasteiger partial charge on any atom is 0.227 e. The first-order chi connectivity index (χ1) is 12.1. The zero-order valence-electron chi connectivity index (χ0n) is 14.4. The van der Waals surface area contributed by atoms with Crippen LogP contribution >= 0.6 is 12.4 Å². The number of amides is 1. The second kappa shape index (κ2) is 8.96. The maximum absolute atomic E-state index is 13.4.